The molecule has 8 saturated carbocycles. The van der Waals surface area contributed by atoms with Crippen LogP contribution in [-0.4, -0.2) is 46.1 Å². The Morgan fingerprint density at radius 2 is 0.477 bits per heavy atom. The van der Waals surface area contributed by atoms with E-state index in [1.807, 2.05) is 0 Å². The van der Waals surface area contributed by atoms with E-state index < -0.39 is 0 Å². The van der Waals surface area contributed by atoms with E-state index in [2.05, 4.69) is 9.80 Å². The van der Waals surface area contributed by atoms with Crippen molar-refractivity contribution in [3.8, 4) is 0 Å². The molecule has 8 aliphatic rings. The van der Waals surface area contributed by atoms with Crippen LogP contribution in [0.25, 0.3) is 0 Å². The highest BCUT2D eigenvalue weighted by atomic mass is 15.2. The fourth-order valence-electron chi connectivity index (χ4n) is 14.5. The molecule has 0 heterocycles. The summed E-state index contributed by atoms with van der Waals surface area (Å²) in [6, 6.07) is 5.62. The second-order valence-corrected chi connectivity index (χ2v) is 18.2. The molecule has 0 bridgehead atoms. The molecule has 0 amide bonds. The van der Waals surface area contributed by atoms with Gasteiger partial charge >= 0.3 is 0 Å². The highest BCUT2D eigenvalue weighted by Crippen LogP contribution is 2.60. The highest BCUT2D eigenvalue weighted by molar-refractivity contribution is 5.09. The van der Waals surface area contributed by atoms with Gasteiger partial charge in [0.1, 0.15) is 0 Å². The molecule has 8 rings (SSSR count). The molecule has 0 aromatic rings. The minimum absolute atomic E-state index is 0.933. The molecule has 2 heteroatoms. The van der Waals surface area contributed by atoms with Gasteiger partial charge < -0.3 is 0 Å². The van der Waals surface area contributed by atoms with Crippen molar-refractivity contribution in [1.29, 1.82) is 0 Å². The Morgan fingerprint density at radius 3 is 0.773 bits per heavy atom. The van der Waals surface area contributed by atoms with Crippen molar-refractivity contribution in [2.45, 2.75) is 229 Å². The van der Waals surface area contributed by atoms with Crippen LogP contribution in [-0.2, 0) is 0 Å². The standard InChI is InChI=1S/C42H72N2/c1-5-17-31(18-6-1)43(32-19-7-2-8-20-32)41-29-39-36-26-14-16-28-38(36)42(30-40(39)35-25-13-15-27-37(35)41)44(33-21-9-3-10-22-33)34-23-11-4-12-24-34/h31-42H,1-30H2. The Bertz CT molecular complexity index is 768. The van der Waals surface area contributed by atoms with E-state index in [0.29, 0.717) is 0 Å². The lowest BCUT2D eigenvalue weighted by Gasteiger charge is -2.63. The molecule has 0 aromatic heterocycles. The molecule has 0 aromatic carbocycles. The van der Waals surface area contributed by atoms with Crippen LogP contribution in [0.4, 0.5) is 0 Å². The first-order valence-corrected chi connectivity index (χ1v) is 21.4. The number of rotatable bonds is 6. The SMILES string of the molecule is C1CCC(N(C2CCCCC2)C2CC3C(CC(N(C4CCCCC4)C4CCCCC4)C4CCCCC34)C3CCCCC32)CC1. The number of fused-ring (bicyclic) bond motifs is 5. The quantitative estimate of drug-likeness (QED) is 0.297. The zero-order chi connectivity index (χ0) is 29.3. The maximum absolute atomic E-state index is 3.39. The second kappa shape index (κ2) is 14.6. The van der Waals surface area contributed by atoms with Gasteiger partial charge in [-0.15, -0.1) is 0 Å². The maximum atomic E-state index is 3.39. The summed E-state index contributed by atoms with van der Waals surface area (Å²) in [6.07, 6.45) is 46.3. The summed E-state index contributed by atoms with van der Waals surface area (Å²) in [4.78, 5) is 6.77. The Balaban J connectivity index is 1.12. The smallest absolute Gasteiger partial charge is 0.0135 e. The second-order valence-electron chi connectivity index (χ2n) is 18.2. The first-order valence-electron chi connectivity index (χ1n) is 21.4. The molecule has 0 radical (unpaired) electrons. The lowest BCUT2D eigenvalue weighted by Crippen LogP contribution is -2.64. The summed E-state index contributed by atoms with van der Waals surface area (Å²) in [5.41, 5.74) is 0. The topological polar surface area (TPSA) is 6.48 Å². The van der Waals surface area contributed by atoms with Crippen LogP contribution >= 0.6 is 0 Å². The molecule has 2 nitrogen and oxygen atoms in total. The third kappa shape index (κ3) is 6.26. The van der Waals surface area contributed by atoms with E-state index in [4.69, 9.17) is 0 Å². The van der Waals surface area contributed by atoms with Crippen molar-refractivity contribution in [2.24, 2.45) is 35.5 Å². The van der Waals surface area contributed by atoms with E-state index in [0.717, 1.165) is 71.8 Å². The van der Waals surface area contributed by atoms with Crippen molar-refractivity contribution in [1.82, 2.24) is 9.80 Å². The molecule has 8 fully saturated rings. The van der Waals surface area contributed by atoms with Crippen LogP contribution in [0.5, 0.6) is 0 Å². The maximum Gasteiger partial charge on any atom is 0.0135 e. The van der Waals surface area contributed by atoms with Crippen molar-refractivity contribution in [2.75, 3.05) is 0 Å². The zero-order valence-electron chi connectivity index (χ0n) is 29.0. The lowest BCUT2D eigenvalue weighted by molar-refractivity contribution is -0.139. The average molecular weight is 605 g/mol. The molecule has 8 atom stereocenters. The van der Waals surface area contributed by atoms with Crippen molar-refractivity contribution in [3.05, 3.63) is 0 Å². The minimum atomic E-state index is 0.933. The summed E-state index contributed by atoms with van der Waals surface area (Å²) in [5, 5.41) is 0. The Labute approximate surface area is 273 Å². The molecule has 0 spiro atoms. The first-order chi connectivity index (χ1) is 21.9. The zero-order valence-corrected chi connectivity index (χ0v) is 29.0. The van der Waals surface area contributed by atoms with Crippen LogP contribution in [0.1, 0.15) is 193 Å². The lowest BCUT2D eigenvalue weighted by atomic mass is 9.48. The molecular weight excluding hydrogens is 532 g/mol. The van der Waals surface area contributed by atoms with Gasteiger partial charge in [0, 0.05) is 36.3 Å². The fourth-order valence-corrected chi connectivity index (χ4v) is 14.5. The third-order valence-electron chi connectivity index (χ3n) is 16.2. The molecule has 8 aliphatic carbocycles. The summed E-state index contributed by atoms with van der Waals surface area (Å²) < 4.78 is 0. The average Bonchev–Trinajstić information content (AvgIpc) is 3.11. The predicted octanol–water partition coefficient (Wildman–Crippen LogP) is 11.3. The fraction of sp³-hybridized carbons (Fsp3) is 1.00. The van der Waals surface area contributed by atoms with Crippen molar-refractivity contribution >= 4 is 0 Å². The van der Waals surface area contributed by atoms with Crippen LogP contribution in [0, 0.1) is 35.5 Å². The van der Waals surface area contributed by atoms with Crippen molar-refractivity contribution in [3.63, 3.8) is 0 Å². The van der Waals surface area contributed by atoms with Gasteiger partial charge in [0.2, 0.25) is 0 Å². The number of hydrogen-bond acceptors (Lipinski definition) is 2. The van der Waals surface area contributed by atoms with Gasteiger partial charge in [-0.3, -0.25) is 9.80 Å². The summed E-state index contributed by atoms with van der Waals surface area (Å²) in [7, 11) is 0. The molecule has 0 saturated heterocycles. The third-order valence-corrected chi connectivity index (χ3v) is 16.2. The molecule has 0 N–H and O–H groups in total. The Kier molecular flexibility index (Phi) is 10.3. The van der Waals surface area contributed by atoms with Crippen LogP contribution < -0.4 is 0 Å². The normalized spacial score (nSPS) is 42.1. The number of nitrogens with zero attached hydrogens (tertiary/aromatic N) is 2. The number of hydrogen-bond donors (Lipinski definition) is 0. The molecule has 0 aliphatic heterocycles. The molecular formula is C42H72N2. The van der Waals surface area contributed by atoms with E-state index in [1.54, 1.807) is 64.2 Å². The Morgan fingerprint density at radius 1 is 0.227 bits per heavy atom. The highest BCUT2D eigenvalue weighted by Gasteiger charge is 2.57. The summed E-state index contributed by atoms with van der Waals surface area (Å²) >= 11 is 0. The molecule has 250 valence electrons. The van der Waals surface area contributed by atoms with Gasteiger partial charge in [-0.2, -0.15) is 0 Å². The van der Waals surface area contributed by atoms with E-state index in [-0.39, 0.29) is 0 Å². The molecule has 8 unspecified atom stereocenters. The van der Waals surface area contributed by atoms with Gasteiger partial charge in [-0.05, 0) is 125 Å². The van der Waals surface area contributed by atoms with Gasteiger partial charge in [0.25, 0.3) is 0 Å². The van der Waals surface area contributed by atoms with Crippen LogP contribution in [0.3, 0.4) is 0 Å². The van der Waals surface area contributed by atoms with E-state index >= 15 is 0 Å². The van der Waals surface area contributed by atoms with Crippen molar-refractivity contribution < 1.29 is 0 Å². The van der Waals surface area contributed by atoms with Gasteiger partial charge in [-0.25, -0.2) is 0 Å². The Hall–Kier alpha value is -0.0800. The van der Waals surface area contributed by atoms with E-state index in [9.17, 15) is 0 Å². The monoisotopic (exact) mass is 605 g/mol. The van der Waals surface area contributed by atoms with Crippen LogP contribution in [0.15, 0.2) is 0 Å². The minimum Gasteiger partial charge on any atom is -0.294 e. The summed E-state index contributed by atoms with van der Waals surface area (Å²) in [6.45, 7) is 0. The van der Waals surface area contributed by atoms with Gasteiger partial charge in [0.15, 0.2) is 0 Å². The van der Waals surface area contributed by atoms with E-state index in [1.165, 1.54) is 128 Å². The largest absolute Gasteiger partial charge is 0.294 e. The van der Waals surface area contributed by atoms with Crippen LogP contribution in [0.2, 0.25) is 0 Å². The summed E-state index contributed by atoms with van der Waals surface area (Å²) in [5.74, 6) is 6.32. The van der Waals surface area contributed by atoms with Gasteiger partial charge in [-0.1, -0.05) is 103 Å². The first kappa shape index (κ1) is 31.2. The molecule has 44 heavy (non-hydrogen) atoms. The predicted molar refractivity (Wildman–Crippen MR) is 186 cm³/mol. The van der Waals surface area contributed by atoms with Gasteiger partial charge in [0.05, 0.1) is 0 Å².